The number of aromatic amines is 1. The Hall–Kier alpha value is -3.59. The topological polar surface area (TPSA) is 58.9 Å². The van der Waals surface area contributed by atoms with Gasteiger partial charge in [-0.3, -0.25) is 4.79 Å². The number of hydrogen-bond donors (Lipinski definition) is 2. The molecule has 5 aromatic rings. The first kappa shape index (κ1) is 18.4. The van der Waals surface area contributed by atoms with Gasteiger partial charge in [0, 0.05) is 17.3 Å². The summed E-state index contributed by atoms with van der Waals surface area (Å²) in [7, 11) is 0. The predicted molar refractivity (Wildman–Crippen MR) is 125 cm³/mol. The van der Waals surface area contributed by atoms with Crippen molar-refractivity contribution in [1.29, 1.82) is 0 Å². The summed E-state index contributed by atoms with van der Waals surface area (Å²) >= 11 is 0. The molecule has 0 fully saturated rings. The van der Waals surface area contributed by atoms with Crippen LogP contribution in [-0.2, 0) is 12.8 Å². The predicted octanol–water partition coefficient (Wildman–Crippen LogP) is 6.14. The molecule has 3 N–H and O–H groups in total. The summed E-state index contributed by atoms with van der Waals surface area (Å²) < 4.78 is 0. The Kier molecular flexibility index (Phi) is 4.72. The Morgan fingerprint density at radius 1 is 0.767 bits per heavy atom. The Bertz CT molecular complexity index is 1380. The fourth-order valence-electron chi connectivity index (χ4n) is 4.54. The number of hydrogen-bond acceptors (Lipinski definition) is 1. The molecule has 0 radical (unpaired) electrons. The standard InChI is InChI=1S/C18H16.C9H8N2O/c1-3-7-15-13(5-1)9-11-18-16-8-4-2-6-14(16)10-12-17(15)18;10-9(12)7-2-1-6-3-4-11-8(6)5-7/h1,3,5,7,9-12H,2,4,6,8H2;1-5,11H,(H2,10,12). The van der Waals surface area contributed by atoms with Crippen LogP contribution < -0.4 is 5.73 Å². The smallest absolute Gasteiger partial charge is 0.248 e. The van der Waals surface area contributed by atoms with Crippen molar-refractivity contribution in [3.8, 4) is 0 Å². The summed E-state index contributed by atoms with van der Waals surface area (Å²) in [6.07, 6.45) is 7.05. The lowest BCUT2D eigenvalue weighted by Gasteiger charge is -2.18. The third-order valence-corrected chi connectivity index (χ3v) is 6.10. The minimum Gasteiger partial charge on any atom is -0.366 e. The van der Waals surface area contributed by atoms with Crippen LogP contribution in [0, 0.1) is 0 Å². The maximum Gasteiger partial charge on any atom is 0.248 e. The van der Waals surface area contributed by atoms with Gasteiger partial charge in [-0.05, 0) is 81.9 Å². The number of nitrogens with two attached hydrogens (primary N) is 1. The molecular weight excluding hydrogens is 368 g/mol. The maximum absolute atomic E-state index is 10.8. The van der Waals surface area contributed by atoms with E-state index in [4.69, 9.17) is 5.73 Å². The van der Waals surface area contributed by atoms with Gasteiger partial charge in [0.1, 0.15) is 0 Å². The average molecular weight is 393 g/mol. The Morgan fingerprint density at radius 2 is 1.57 bits per heavy atom. The number of amides is 1. The molecule has 30 heavy (non-hydrogen) atoms. The summed E-state index contributed by atoms with van der Waals surface area (Å²) in [5, 5.41) is 6.73. The number of fused-ring (bicyclic) bond motifs is 6. The molecule has 3 heteroatoms. The number of carbonyl (C=O) groups excluding carboxylic acids is 1. The molecule has 1 aliphatic rings. The van der Waals surface area contributed by atoms with Gasteiger partial charge in [-0.15, -0.1) is 0 Å². The van der Waals surface area contributed by atoms with Crippen LogP contribution in [-0.4, -0.2) is 10.9 Å². The zero-order chi connectivity index (χ0) is 20.5. The van der Waals surface area contributed by atoms with Crippen molar-refractivity contribution < 1.29 is 4.79 Å². The Balaban J connectivity index is 0.000000140. The molecular formula is C27H24N2O. The number of primary amides is 1. The number of aromatic nitrogens is 1. The van der Waals surface area contributed by atoms with Crippen molar-refractivity contribution in [3.05, 3.63) is 95.7 Å². The molecule has 6 rings (SSSR count). The van der Waals surface area contributed by atoms with Crippen LogP contribution in [0.3, 0.4) is 0 Å². The van der Waals surface area contributed by atoms with E-state index >= 15 is 0 Å². The van der Waals surface area contributed by atoms with Crippen molar-refractivity contribution in [1.82, 2.24) is 4.98 Å². The van der Waals surface area contributed by atoms with E-state index in [2.05, 4.69) is 53.5 Å². The Morgan fingerprint density at radius 3 is 2.47 bits per heavy atom. The van der Waals surface area contributed by atoms with Gasteiger partial charge in [-0.1, -0.05) is 54.6 Å². The van der Waals surface area contributed by atoms with E-state index in [0.717, 1.165) is 10.9 Å². The summed E-state index contributed by atoms with van der Waals surface area (Å²) in [5.74, 6) is -0.397. The lowest BCUT2D eigenvalue weighted by atomic mass is 9.86. The maximum atomic E-state index is 10.8. The number of rotatable bonds is 1. The SMILES string of the molecule is NC(=O)c1ccc2cc[nH]c2c1.c1ccc2c(c1)ccc1c3c(ccc12)CCCC3. The summed E-state index contributed by atoms with van der Waals surface area (Å²) in [4.78, 5) is 13.8. The van der Waals surface area contributed by atoms with Crippen molar-refractivity contribution >= 4 is 38.4 Å². The largest absolute Gasteiger partial charge is 0.366 e. The molecule has 0 saturated heterocycles. The van der Waals surface area contributed by atoms with E-state index in [1.54, 1.807) is 23.3 Å². The van der Waals surface area contributed by atoms with E-state index in [0.29, 0.717) is 5.56 Å². The number of H-pyrrole nitrogens is 1. The quantitative estimate of drug-likeness (QED) is 0.331. The van der Waals surface area contributed by atoms with Crippen molar-refractivity contribution in [2.75, 3.05) is 0 Å². The molecule has 0 aliphatic heterocycles. The third kappa shape index (κ3) is 3.33. The number of benzene rings is 4. The lowest BCUT2D eigenvalue weighted by molar-refractivity contribution is 0.100. The molecule has 148 valence electrons. The minimum absolute atomic E-state index is 0.397. The molecule has 0 unspecified atom stereocenters. The molecule has 4 aromatic carbocycles. The van der Waals surface area contributed by atoms with Crippen LogP contribution >= 0.6 is 0 Å². The van der Waals surface area contributed by atoms with Crippen molar-refractivity contribution in [2.45, 2.75) is 25.7 Å². The first-order chi connectivity index (χ1) is 14.7. The van der Waals surface area contributed by atoms with E-state index < -0.39 is 5.91 Å². The summed E-state index contributed by atoms with van der Waals surface area (Å²) in [6, 6.07) is 25.2. The molecule has 0 atom stereocenters. The molecule has 0 bridgehead atoms. The molecule has 1 aromatic heterocycles. The molecule has 1 heterocycles. The average Bonchev–Trinajstić information content (AvgIpc) is 3.27. The number of aryl methyl sites for hydroxylation is 2. The summed E-state index contributed by atoms with van der Waals surface area (Å²) in [6.45, 7) is 0. The van der Waals surface area contributed by atoms with Crippen LogP contribution in [0.15, 0.2) is 79.0 Å². The van der Waals surface area contributed by atoms with E-state index in [1.807, 2.05) is 18.3 Å². The van der Waals surface area contributed by atoms with E-state index in [1.165, 1.54) is 47.2 Å². The van der Waals surface area contributed by atoms with Gasteiger partial charge in [-0.2, -0.15) is 0 Å². The second-order valence-electron chi connectivity index (χ2n) is 7.94. The molecule has 0 saturated carbocycles. The van der Waals surface area contributed by atoms with Crippen molar-refractivity contribution in [2.24, 2.45) is 5.73 Å². The van der Waals surface area contributed by atoms with Gasteiger partial charge in [0.25, 0.3) is 0 Å². The van der Waals surface area contributed by atoms with Crippen LogP contribution in [0.5, 0.6) is 0 Å². The zero-order valence-corrected chi connectivity index (χ0v) is 16.8. The van der Waals surface area contributed by atoms with Crippen LogP contribution in [0.1, 0.15) is 34.3 Å². The van der Waals surface area contributed by atoms with E-state index in [9.17, 15) is 4.79 Å². The van der Waals surface area contributed by atoms with Gasteiger partial charge < -0.3 is 10.7 Å². The molecule has 3 nitrogen and oxygen atoms in total. The Labute approximate surface area is 175 Å². The third-order valence-electron chi connectivity index (χ3n) is 6.10. The van der Waals surface area contributed by atoms with Crippen LogP contribution in [0.4, 0.5) is 0 Å². The number of carbonyl (C=O) groups is 1. The summed E-state index contributed by atoms with van der Waals surface area (Å²) in [5.41, 5.74) is 9.76. The van der Waals surface area contributed by atoms with Crippen molar-refractivity contribution in [3.63, 3.8) is 0 Å². The first-order valence-electron chi connectivity index (χ1n) is 10.5. The second-order valence-corrected chi connectivity index (χ2v) is 7.94. The van der Waals surface area contributed by atoms with Crippen LogP contribution in [0.25, 0.3) is 32.4 Å². The van der Waals surface area contributed by atoms with Crippen LogP contribution in [0.2, 0.25) is 0 Å². The van der Waals surface area contributed by atoms with Gasteiger partial charge in [0.15, 0.2) is 0 Å². The first-order valence-corrected chi connectivity index (χ1v) is 10.5. The fourth-order valence-corrected chi connectivity index (χ4v) is 4.54. The normalized spacial score (nSPS) is 13.1. The van der Waals surface area contributed by atoms with Gasteiger partial charge in [0.2, 0.25) is 5.91 Å². The molecule has 0 spiro atoms. The van der Waals surface area contributed by atoms with Gasteiger partial charge >= 0.3 is 0 Å². The lowest BCUT2D eigenvalue weighted by Crippen LogP contribution is -2.10. The highest BCUT2D eigenvalue weighted by atomic mass is 16.1. The highest BCUT2D eigenvalue weighted by Gasteiger charge is 2.13. The monoisotopic (exact) mass is 392 g/mol. The molecule has 1 aliphatic carbocycles. The fraction of sp³-hybridized carbons (Fsp3) is 0.148. The highest BCUT2D eigenvalue weighted by Crippen LogP contribution is 2.33. The van der Waals surface area contributed by atoms with Gasteiger partial charge in [0.05, 0.1) is 0 Å². The zero-order valence-electron chi connectivity index (χ0n) is 16.8. The minimum atomic E-state index is -0.397. The number of nitrogens with one attached hydrogen (secondary N) is 1. The molecule has 1 amide bonds. The second kappa shape index (κ2) is 7.68. The van der Waals surface area contributed by atoms with Gasteiger partial charge in [-0.25, -0.2) is 0 Å². The highest BCUT2D eigenvalue weighted by molar-refractivity contribution is 6.08. The van der Waals surface area contributed by atoms with E-state index in [-0.39, 0.29) is 0 Å².